The Balaban J connectivity index is 2.61. The molecule has 0 atom stereocenters. The van der Waals surface area contributed by atoms with Crippen LogP contribution < -0.4 is 0 Å². The zero-order valence-corrected chi connectivity index (χ0v) is 12.1. The predicted octanol–water partition coefficient (Wildman–Crippen LogP) is 3.05. The van der Waals surface area contributed by atoms with Crippen LogP contribution in [0, 0.1) is 6.92 Å². The minimum absolute atomic E-state index is 0.0543. The fourth-order valence-corrected chi connectivity index (χ4v) is 2.79. The second-order valence-electron chi connectivity index (χ2n) is 4.25. The lowest BCUT2D eigenvalue weighted by Gasteiger charge is -2.05. The highest BCUT2D eigenvalue weighted by Gasteiger charge is 2.13. The monoisotopic (exact) mass is 288 g/mol. The third kappa shape index (κ3) is 4.42. The molecule has 0 unspecified atom stereocenters. The number of carbonyl (C=O) groups is 1. The van der Waals surface area contributed by atoms with E-state index in [2.05, 4.69) is 0 Å². The molecule has 0 N–H and O–H groups in total. The number of rotatable bonds is 6. The first-order valence-corrected chi connectivity index (χ1v) is 8.05. The van der Waals surface area contributed by atoms with Crippen molar-refractivity contribution in [2.45, 2.75) is 26.7 Å². The largest absolute Gasteiger partial charge is 0.294 e. The Morgan fingerprint density at radius 3 is 2.56 bits per heavy atom. The molecule has 0 bridgehead atoms. The Morgan fingerprint density at radius 2 is 2.00 bits per heavy atom. The van der Waals surface area contributed by atoms with Crippen molar-refractivity contribution in [2.75, 3.05) is 11.5 Å². The molecular weight excluding hydrogens is 272 g/mol. The van der Waals surface area contributed by atoms with Gasteiger partial charge in [0, 0.05) is 17.7 Å². The molecule has 0 saturated carbocycles. The van der Waals surface area contributed by atoms with Crippen molar-refractivity contribution in [2.24, 2.45) is 0 Å². The number of hydrogen-bond donors (Lipinski definition) is 0. The number of benzene rings is 1. The van der Waals surface area contributed by atoms with Crippen LogP contribution in [0.1, 0.15) is 35.7 Å². The minimum atomic E-state index is -3.00. The highest BCUT2D eigenvalue weighted by atomic mass is 35.5. The summed E-state index contributed by atoms with van der Waals surface area (Å²) in [7, 11) is -3.00. The van der Waals surface area contributed by atoms with E-state index in [0.29, 0.717) is 17.0 Å². The SMILES string of the molecule is CCS(=O)(=O)CCCC(=O)c1ccc(C)cc1Cl. The summed E-state index contributed by atoms with van der Waals surface area (Å²) >= 11 is 5.98. The smallest absolute Gasteiger partial charge is 0.164 e. The van der Waals surface area contributed by atoms with Gasteiger partial charge in [0.05, 0.1) is 10.8 Å². The van der Waals surface area contributed by atoms with E-state index >= 15 is 0 Å². The minimum Gasteiger partial charge on any atom is -0.294 e. The molecule has 0 radical (unpaired) electrons. The summed E-state index contributed by atoms with van der Waals surface area (Å²) in [6, 6.07) is 5.24. The van der Waals surface area contributed by atoms with Gasteiger partial charge in [0.15, 0.2) is 5.78 Å². The molecule has 0 fully saturated rings. The van der Waals surface area contributed by atoms with E-state index in [4.69, 9.17) is 11.6 Å². The first-order chi connectivity index (χ1) is 8.35. The van der Waals surface area contributed by atoms with E-state index in [1.807, 2.05) is 13.0 Å². The molecule has 0 spiro atoms. The standard InChI is InChI=1S/C13H17ClO3S/c1-3-18(16,17)8-4-5-13(15)11-7-6-10(2)9-12(11)14/h6-7,9H,3-5,8H2,1-2H3. The van der Waals surface area contributed by atoms with Crippen LogP contribution in [0.25, 0.3) is 0 Å². The average Bonchev–Trinajstić information content (AvgIpc) is 2.28. The second-order valence-corrected chi connectivity index (χ2v) is 7.13. The summed E-state index contributed by atoms with van der Waals surface area (Å²) in [4.78, 5) is 11.9. The number of Topliss-reactive ketones (excluding diaryl/α,β-unsaturated/α-hetero) is 1. The van der Waals surface area contributed by atoms with Crippen LogP contribution >= 0.6 is 11.6 Å². The van der Waals surface area contributed by atoms with Crippen LogP contribution in [-0.4, -0.2) is 25.7 Å². The summed E-state index contributed by atoms with van der Waals surface area (Å²) in [6.07, 6.45) is 0.557. The van der Waals surface area contributed by atoms with Gasteiger partial charge in [0.1, 0.15) is 9.84 Å². The van der Waals surface area contributed by atoms with Crippen LogP contribution in [0.2, 0.25) is 5.02 Å². The first-order valence-electron chi connectivity index (χ1n) is 5.85. The maximum atomic E-state index is 11.9. The summed E-state index contributed by atoms with van der Waals surface area (Å²) < 4.78 is 22.6. The highest BCUT2D eigenvalue weighted by Crippen LogP contribution is 2.19. The van der Waals surface area contributed by atoms with Gasteiger partial charge in [-0.1, -0.05) is 24.6 Å². The number of halogens is 1. The van der Waals surface area contributed by atoms with Gasteiger partial charge in [-0.3, -0.25) is 4.79 Å². The molecule has 3 nitrogen and oxygen atoms in total. The van der Waals surface area contributed by atoms with E-state index < -0.39 is 9.84 Å². The number of ketones is 1. The molecule has 0 aliphatic heterocycles. The van der Waals surface area contributed by atoms with Gasteiger partial charge in [-0.15, -0.1) is 0 Å². The first kappa shape index (κ1) is 15.2. The van der Waals surface area contributed by atoms with Crippen LogP contribution in [0.4, 0.5) is 0 Å². The van der Waals surface area contributed by atoms with Crippen molar-refractivity contribution in [1.82, 2.24) is 0 Å². The molecule has 1 rings (SSSR count). The quantitative estimate of drug-likeness (QED) is 0.756. The third-order valence-electron chi connectivity index (χ3n) is 2.72. The van der Waals surface area contributed by atoms with E-state index in [9.17, 15) is 13.2 Å². The second kappa shape index (κ2) is 6.34. The topological polar surface area (TPSA) is 51.2 Å². The fraction of sp³-hybridized carbons (Fsp3) is 0.462. The van der Waals surface area contributed by atoms with E-state index in [1.165, 1.54) is 0 Å². The molecule has 0 aliphatic carbocycles. The molecular formula is C13H17ClO3S. The van der Waals surface area contributed by atoms with Crippen LogP contribution in [0.15, 0.2) is 18.2 Å². The lowest BCUT2D eigenvalue weighted by Crippen LogP contribution is -2.10. The van der Waals surface area contributed by atoms with Gasteiger partial charge < -0.3 is 0 Å². The van der Waals surface area contributed by atoms with Crippen LogP contribution in [0.5, 0.6) is 0 Å². The third-order valence-corrected chi connectivity index (χ3v) is 4.83. The number of carbonyl (C=O) groups excluding carboxylic acids is 1. The molecule has 1 aromatic carbocycles. The van der Waals surface area contributed by atoms with Crippen molar-refractivity contribution < 1.29 is 13.2 Å². The number of aryl methyl sites for hydroxylation is 1. The summed E-state index contributed by atoms with van der Waals surface area (Å²) in [5.74, 6) is 0.0665. The fourth-order valence-electron chi connectivity index (χ4n) is 1.58. The average molecular weight is 289 g/mol. The highest BCUT2D eigenvalue weighted by molar-refractivity contribution is 7.91. The van der Waals surface area contributed by atoms with E-state index in [0.717, 1.165) is 5.56 Å². The molecule has 0 amide bonds. The van der Waals surface area contributed by atoms with Gasteiger partial charge in [0.25, 0.3) is 0 Å². The van der Waals surface area contributed by atoms with E-state index in [1.54, 1.807) is 19.1 Å². The summed E-state index contributed by atoms with van der Waals surface area (Å²) in [5, 5.41) is 0.429. The normalized spacial score (nSPS) is 11.5. The molecule has 18 heavy (non-hydrogen) atoms. The van der Waals surface area contributed by atoms with Crippen molar-refractivity contribution >= 4 is 27.2 Å². The van der Waals surface area contributed by atoms with Gasteiger partial charge in [-0.2, -0.15) is 0 Å². The molecule has 0 saturated heterocycles. The predicted molar refractivity (Wildman–Crippen MR) is 74.1 cm³/mol. The van der Waals surface area contributed by atoms with E-state index in [-0.39, 0.29) is 23.7 Å². The van der Waals surface area contributed by atoms with Gasteiger partial charge in [-0.25, -0.2) is 8.42 Å². The van der Waals surface area contributed by atoms with Gasteiger partial charge in [0.2, 0.25) is 0 Å². The van der Waals surface area contributed by atoms with Crippen molar-refractivity contribution in [3.8, 4) is 0 Å². The molecule has 0 aromatic heterocycles. The summed E-state index contributed by atoms with van der Waals surface area (Å²) in [6.45, 7) is 3.50. The Kier molecular flexibility index (Phi) is 5.35. The molecule has 0 aliphatic rings. The van der Waals surface area contributed by atoms with Crippen LogP contribution in [-0.2, 0) is 9.84 Å². The Morgan fingerprint density at radius 1 is 1.33 bits per heavy atom. The molecule has 0 heterocycles. The van der Waals surface area contributed by atoms with Crippen molar-refractivity contribution in [3.05, 3.63) is 34.3 Å². The zero-order valence-electron chi connectivity index (χ0n) is 10.6. The molecule has 100 valence electrons. The Hall–Kier alpha value is -0.870. The molecule has 1 aromatic rings. The summed E-state index contributed by atoms with van der Waals surface area (Å²) in [5.41, 5.74) is 1.46. The van der Waals surface area contributed by atoms with Crippen LogP contribution in [0.3, 0.4) is 0 Å². The zero-order chi connectivity index (χ0) is 13.8. The Bertz CT molecular complexity index is 535. The molecule has 5 heteroatoms. The Labute approximate surface area is 113 Å². The van der Waals surface area contributed by atoms with Gasteiger partial charge in [-0.05, 0) is 31.0 Å². The lowest BCUT2D eigenvalue weighted by atomic mass is 10.1. The van der Waals surface area contributed by atoms with Crippen molar-refractivity contribution in [3.63, 3.8) is 0 Å². The maximum absolute atomic E-state index is 11.9. The lowest BCUT2D eigenvalue weighted by molar-refractivity contribution is 0.0982. The number of hydrogen-bond acceptors (Lipinski definition) is 3. The van der Waals surface area contributed by atoms with Crippen molar-refractivity contribution in [1.29, 1.82) is 0 Å². The van der Waals surface area contributed by atoms with Gasteiger partial charge >= 0.3 is 0 Å². The maximum Gasteiger partial charge on any atom is 0.164 e. The number of sulfone groups is 1.